The number of amides is 2. The van der Waals surface area contributed by atoms with Gasteiger partial charge in [0.15, 0.2) is 5.78 Å². The molecule has 0 aliphatic heterocycles. The van der Waals surface area contributed by atoms with Crippen molar-refractivity contribution in [1.82, 2.24) is 16.0 Å². The SMILES string of the molecule is CSCC(=O)COCCOCCNC(=O)CC[C@H](NC(=O)CCCNC(C)(C)C)C(=O)O. The number of carbonyl (C=O) groups is 4. The van der Waals surface area contributed by atoms with Crippen molar-refractivity contribution in [3.8, 4) is 0 Å². The lowest BCUT2D eigenvalue weighted by molar-refractivity contribution is -0.142. The zero-order valence-corrected chi connectivity index (χ0v) is 20.5. The number of aliphatic carboxylic acids is 1. The standard InChI is InChI=1S/C21H39N3O7S/c1-21(2,3)23-9-5-6-19(27)24-17(20(28)29)7-8-18(26)22-10-11-30-12-13-31-14-16(25)15-32-4/h17,23H,5-15H2,1-4H3,(H,22,26)(H,24,27)(H,28,29)/t17-/m0/s1. The van der Waals surface area contributed by atoms with Crippen LogP contribution in [0.15, 0.2) is 0 Å². The molecule has 0 aromatic rings. The van der Waals surface area contributed by atoms with Gasteiger partial charge in [0.25, 0.3) is 0 Å². The van der Waals surface area contributed by atoms with Gasteiger partial charge in [-0.1, -0.05) is 0 Å². The molecule has 1 atom stereocenters. The molecular formula is C21H39N3O7S. The Morgan fingerprint density at radius 3 is 2.28 bits per heavy atom. The molecule has 2 amide bonds. The minimum Gasteiger partial charge on any atom is -0.480 e. The van der Waals surface area contributed by atoms with Crippen LogP contribution in [0.4, 0.5) is 0 Å². The minimum absolute atomic E-state index is 0.00587. The first kappa shape index (κ1) is 30.3. The average Bonchev–Trinajstić information content (AvgIpc) is 2.69. The van der Waals surface area contributed by atoms with E-state index in [1.54, 1.807) is 0 Å². The van der Waals surface area contributed by atoms with Gasteiger partial charge in [0.1, 0.15) is 12.6 Å². The highest BCUT2D eigenvalue weighted by molar-refractivity contribution is 7.99. The molecule has 0 unspecified atom stereocenters. The van der Waals surface area contributed by atoms with Crippen molar-refractivity contribution in [1.29, 1.82) is 0 Å². The van der Waals surface area contributed by atoms with Gasteiger partial charge in [0.2, 0.25) is 11.8 Å². The van der Waals surface area contributed by atoms with Crippen LogP contribution in [-0.2, 0) is 28.7 Å². The number of ether oxygens (including phenoxy) is 2. The molecule has 0 bridgehead atoms. The number of nitrogens with one attached hydrogen (secondary N) is 3. The summed E-state index contributed by atoms with van der Waals surface area (Å²) in [6, 6.07) is -1.11. The van der Waals surface area contributed by atoms with E-state index in [2.05, 4.69) is 16.0 Å². The number of ketones is 1. The van der Waals surface area contributed by atoms with Gasteiger partial charge in [-0.25, -0.2) is 4.79 Å². The molecule has 0 saturated carbocycles. The third kappa shape index (κ3) is 19.0. The van der Waals surface area contributed by atoms with E-state index in [0.717, 1.165) is 0 Å². The van der Waals surface area contributed by atoms with Gasteiger partial charge in [-0.2, -0.15) is 11.8 Å². The second-order valence-corrected chi connectivity index (χ2v) is 9.13. The minimum atomic E-state index is -1.17. The van der Waals surface area contributed by atoms with E-state index in [9.17, 15) is 24.3 Å². The summed E-state index contributed by atoms with van der Waals surface area (Å²) in [5.41, 5.74) is -0.0414. The maximum Gasteiger partial charge on any atom is 0.326 e. The van der Waals surface area contributed by atoms with Crippen LogP contribution in [0.5, 0.6) is 0 Å². The lowest BCUT2D eigenvalue weighted by atomic mass is 10.1. The second kappa shape index (κ2) is 17.8. The van der Waals surface area contributed by atoms with Crippen molar-refractivity contribution >= 4 is 35.3 Å². The Bertz CT molecular complexity index is 582. The maximum atomic E-state index is 12.0. The monoisotopic (exact) mass is 477 g/mol. The van der Waals surface area contributed by atoms with Crippen molar-refractivity contribution in [3.63, 3.8) is 0 Å². The lowest BCUT2D eigenvalue weighted by Crippen LogP contribution is -2.42. The third-order valence-electron chi connectivity index (χ3n) is 4.04. The molecule has 186 valence electrons. The fraction of sp³-hybridized carbons (Fsp3) is 0.810. The maximum absolute atomic E-state index is 12.0. The highest BCUT2D eigenvalue weighted by atomic mass is 32.2. The average molecular weight is 478 g/mol. The number of hydrogen-bond acceptors (Lipinski definition) is 8. The highest BCUT2D eigenvalue weighted by Gasteiger charge is 2.21. The second-order valence-electron chi connectivity index (χ2n) is 8.26. The molecule has 0 aliphatic rings. The molecule has 0 aromatic heterocycles. The lowest BCUT2D eigenvalue weighted by Gasteiger charge is -2.20. The highest BCUT2D eigenvalue weighted by Crippen LogP contribution is 2.02. The van der Waals surface area contributed by atoms with Gasteiger partial charge in [0.05, 0.1) is 25.6 Å². The Morgan fingerprint density at radius 2 is 1.66 bits per heavy atom. The van der Waals surface area contributed by atoms with Crippen LogP contribution < -0.4 is 16.0 Å². The van der Waals surface area contributed by atoms with Crippen LogP contribution in [0.1, 0.15) is 46.5 Å². The number of carboxylic acid groups (broad SMARTS) is 1. The molecule has 0 aliphatic carbocycles. The first-order valence-electron chi connectivity index (χ1n) is 10.7. The number of rotatable bonds is 19. The molecule has 0 saturated heterocycles. The fourth-order valence-electron chi connectivity index (χ4n) is 2.47. The van der Waals surface area contributed by atoms with Crippen LogP contribution in [0.2, 0.25) is 0 Å². The Kier molecular flexibility index (Phi) is 16.9. The predicted molar refractivity (Wildman–Crippen MR) is 124 cm³/mol. The van der Waals surface area contributed by atoms with E-state index < -0.39 is 12.0 Å². The van der Waals surface area contributed by atoms with Crippen molar-refractivity contribution in [3.05, 3.63) is 0 Å². The largest absolute Gasteiger partial charge is 0.480 e. The zero-order valence-electron chi connectivity index (χ0n) is 19.7. The smallest absolute Gasteiger partial charge is 0.326 e. The first-order valence-corrected chi connectivity index (χ1v) is 12.1. The van der Waals surface area contributed by atoms with Crippen LogP contribution in [0.3, 0.4) is 0 Å². The van der Waals surface area contributed by atoms with Crippen molar-refractivity contribution < 1.29 is 33.8 Å². The fourth-order valence-corrected chi connectivity index (χ4v) is 2.88. The van der Waals surface area contributed by atoms with Gasteiger partial charge < -0.3 is 30.5 Å². The van der Waals surface area contributed by atoms with E-state index in [-0.39, 0.29) is 62.2 Å². The molecule has 0 aromatic carbocycles. The Labute approximate surface area is 194 Å². The molecular weight excluding hydrogens is 438 g/mol. The van der Waals surface area contributed by atoms with Gasteiger partial charge >= 0.3 is 5.97 Å². The summed E-state index contributed by atoms with van der Waals surface area (Å²) in [7, 11) is 0. The first-order chi connectivity index (χ1) is 15.0. The normalized spacial score (nSPS) is 12.2. The third-order valence-corrected chi connectivity index (χ3v) is 4.65. The van der Waals surface area contributed by atoms with Crippen LogP contribution >= 0.6 is 11.8 Å². The molecule has 0 fully saturated rings. The summed E-state index contributed by atoms with van der Waals surface area (Å²) in [5, 5.41) is 17.6. The molecule has 0 heterocycles. The van der Waals surface area contributed by atoms with Crippen molar-refractivity contribution in [2.45, 2.75) is 58.0 Å². The molecule has 0 radical (unpaired) electrons. The summed E-state index contributed by atoms with van der Waals surface area (Å²) < 4.78 is 10.5. The Morgan fingerprint density at radius 1 is 0.969 bits per heavy atom. The van der Waals surface area contributed by atoms with Crippen molar-refractivity contribution in [2.24, 2.45) is 0 Å². The number of thioether (sulfide) groups is 1. The van der Waals surface area contributed by atoms with E-state index in [0.29, 0.717) is 31.9 Å². The zero-order chi connectivity index (χ0) is 24.4. The summed E-state index contributed by atoms with van der Waals surface area (Å²) >= 11 is 1.45. The molecule has 0 rings (SSSR count). The van der Waals surface area contributed by atoms with Gasteiger partial charge in [-0.05, 0) is 46.4 Å². The molecule has 0 spiro atoms. The van der Waals surface area contributed by atoms with Gasteiger partial charge in [-0.3, -0.25) is 14.4 Å². The topological polar surface area (TPSA) is 143 Å². The molecule has 11 heteroatoms. The molecule has 10 nitrogen and oxygen atoms in total. The quantitative estimate of drug-likeness (QED) is 0.196. The van der Waals surface area contributed by atoms with Gasteiger partial charge in [0, 0.05) is 24.9 Å². The summed E-state index contributed by atoms with van der Waals surface area (Å²) in [6.07, 6.45) is 2.64. The van der Waals surface area contributed by atoms with Gasteiger partial charge in [-0.15, -0.1) is 0 Å². The van der Waals surface area contributed by atoms with E-state index in [1.807, 2.05) is 27.0 Å². The van der Waals surface area contributed by atoms with E-state index in [1.165, 1.54) is 11.8 Å². The molecule has 4 N–H and O–H groups in total. The predicted octanol–water partition coefficient (Wildman–Crippen LogP) is 0.586. The number of carbonyl (C=O) groups excluding carboxylic acids is 3. The summed E-state index contributed by atoms with van der Waals surface area (Å²) in [6.45, 7) is 7.94. The van der Waals surface area contributed by atoms with Crippen molar-refractivity contribution in [2.75, 3.05) is 51.5 Å². The van der Waals surface area contributed by atoms with Crippen LogP contribution in [0, 0.1) is 0 Å². The Balaban J connectivity index is 3.89. The number of hydrogen-bond donors (Lipinski definition) is 4. The Hall–Kier alpha value is -1.69. The van der Waals surface area contributed by atoms with Crippen LogP contribution in [-0.4, -0.2) is 91.8 Å². The number of carboxylic acids is 1. The number of Topliss-reactive ketones (excluding diaryl/α,β-unsaturated/α-hetero) is 1. The molecule has 32 heavy (non-hydrogen) atoms. The van der Waals surface area contributed by atoms with E-state index >= 15 is 0 Å². The summed E-state index contributed by atoms with van der Waals surface area (Å²) in [5.74, 6) is -1.38. The van der Waals surface area contributed by atoms with E-state index in [4.69, 9.17) is 9.47 Å². The summed E-state index contributed by atoms with van der Waals surface area (Å²) in [4.78, 5) is 46.5. The van der Waals surface area contributed by atoms with Crippen LogP contribution in [0.25, 0.3) is 0 Å².